The number of nitrogens with zero attached hydrogens (tertiary/aromatic N) is 3. The minimum absolute atomic E-state index is 0.118. The SMILES string of the molecule is CC1NN=C(C(F)(F)F)N1C1CCN(Cc2ccccc2)CC1. The van der Waals surface area contributed by atoms with E-state index >= 15 is 0 Å². The quantitative estimate of drug-likeness (QED) is 0.927. The summed E-state index contributed by atoms with van der Waals surface area (Å²) in [5.41, 5.74) is 3.79. The second kappa shape index (κ2) is 6.39. The number of hydrogen-bond acceptors (Lipinski definition) is 4. The van der Waals surface area contributed by atoms with Crippen LogP contribution in [0.2, 0.25) is 0 Å². The van der Waals surface area contributed by atoms with Gasteiger partial charge in [0.25, 0.3) is 0 Å². The number of hydrogen-bond donors (Lipinski definition) is 1. The maximum Gasteiger partial charge on any atom is 0.451 e. The monoisotopic (exact) mass is 326 g/mol. The van der Waals surface area contributed by atoms with Crippen LogP contribution in [0.1, 0.15) is 25.3 Å². The van der Waals surface area contributed by atoms with Crippen molar-refractivity contribution in [3.63, 3.8) is 0 Å². The van der Waals surface area contributed by atoms with Crippen molar-refractivity contribution >= 4 is 5.84 Å². The van der Waals surface area contributed by atoms with Crippen molar-refractivity contribution in [3.05, 3.63) is 35.9 Å². The molecule has 1 saturated heterocycles. The third kappa shape index (κ3) is 3.60. The van der Waals surface area contributed by atoms with Crippen molar-refractivity contribution in [2.45, 2.75) is 44.7 Å². The van der Waals surface area contributed by atoms with Gasteiger partial charge in [0.1, 0.15) is 6.17 Å². The highest BCUT2D eigenvalue weighted by atomic mass is 19.4. The summed E-state index contributed by atoms with van der Waals surface area (Å²) in [4.78, 5) is 3.70. The first kappa shape index (κ1) is 16.1. The fourth-order valence-corrected chi connectivity index (χ4v) is 3.35. The van der Waals surface area contributed by atoms with Crippen molar-refractivity contribution in [2.24, 2.45) is 5.10 Å². The normalized spacial score (nSPS) is 23.7. The Hall–Kier alpha value is -1.76. The van der Waals surface area contributed by atoms with Gasteiger partial charge in [0, 0.05) is 25.7 Å². The van der Waals surface area contributed by atoms with Crippen LogP contribution < -0.4 is 5.43 Å². The molecule has 0 saturated carbocycles. The predicted octanol–water partition coefficient (Wildman–Crippen LogP) is 2.78. The molecule has 1 fully saturated rings. The van der Waals surface area contributed by atoms with E-state index in [1.165, 1.54) is 10.5 Å². The van der Waals surface area contributed by atoms with Crippen LogP contribution in [-0.4, -0.2) is 47.1 Å². The number of benzene rings is 1. The van der Waals surface area contributed by atoms with Crippen molar-refractivity contribution in [1.29, 1.82) is 0 Å². The molecule has 0 spiro atoms. The van der Waals surface area contributed by atoms with Gasteiger partial charge >= 0.3 is 6.18 Å². The van der Waals surface area contributed by atoms with E-state index in [9.17, 15) is 13.2 Å². The molecule has 1 aromatic rings. The molecule has 126 valence electrons. The van der Waals surface area contributed by atoms with E-state index in [1.807, 2.05) is 18.2 Å². The molecule has 23 heavy (non-hydrogen) atoms. The molecule has 0 aliphatic carbocycles. The predicted molar refractivity (Wildman–Crippen MR) is 82.7 cm³/mol. The summed E-state index contributed by atoms with van der Waals surface area (Å²) in [6, 6.07) is 10.0. The number of rotatable bonds is 3. The summed E-state index contributed by atoms with van der Waals surface area (Å²) < 4.78 is 39.2. The Morgan fingerprint density at radius 1 is 1.17 bits per heavy atom. The number of amidine groups is 1. The van der Waals surface area contributed by atoms with E-state index in [0.29, 0.717) is 12.8 Å². The average molecular weight is 326 g/mol. The molecular weight excluding hydrogens is 305 g/mol. The van der Waals surface area contributed by atoms with E-state index in [1.54, 1.807) is 6.92 Å². The van der Waals surface area contributed by atoms with Gasteiger partial charge in [-0.05, 0) is 25.3 Å². The third-order valence-corrected chi connectivity index (χ3v) is 4.47. The number of halogens is 3. The molecular formula is C16H21F3N4. The van der Waals surface area contributed by atoms with E-state index in [-0.39, 0.29) is 6.04 Å². The van der Waals surface area contributed by atoms with Crippen molar-refractivity contribution < 1.29 is 13.2 Å². The Bertz CT molecular complexity index is 550. The highest BCUT2D eigenvalue weighted by Gasteiger charge is 2.47. The minimum Gasteiger partial charge on any atom is -0.327 e. The molecule has 1 unspecified atom stereocenters. The number of nitrogens with one attached hydrogen (secondary N) is 1. The van der Waals surface area contributed by atoms with Gasteiger partial charge in [-0.25, -0.2) is 0 Å². The van der Waals surface area contributed by atoms with Crippen molar-refractivity contribution in [1.82, 2.24) is 15.2 Å². The number of hydrazone groups is 1. The first-order valence-electron chi connectivity index (χ1n) is 7.90. The largest absolute Gasteiger partial charge is 0.451 e. The van der Waals surface area contributed by atoms with Crippen molar-refractivity contribution in [3.8, 4) is 0 Å². The van der Waals surface area contributed by atoms with E-state index in [2.05, 4.69) is 27.6 Å². The molecule has 1 atom stereocenters. The average Bonchev–Trinajstić information content (AvgIpc) is 2.91. The van der Waals surface area contributed by atoms with Gasteiger partial charge in [0.05, 0.1) is 0 Å². The summed E-state index contributed by atoms with van der Waals surface area (Å²) in [6.45, 7) is 4.17. The zero-order valence-electron chi connectivity index (χ0n) is 13.1. The Labute approximate surface area is 134 Å². The Balaban J connectivity index is 1.59. The fourth-order valence-electron chi connectivity index (χ4n) is 3.35. The molecule has 7 heteroatoms. The molecule has 1 aromatic carbocycles. The number of likely N-dealkylation sites (tertiary alicyclic amines) is 1. The molecule has 0 bridgehead atoms. The van der Waals surface area contributed by atoms with Gasteiger partial charge in [-0.2, -0.15) is 18.3 Å². The smallest absolute Gasteiger partial charge is 0.327 e. The first-order chi connectivity index (χ1) is 10.9. The maximum atomic E-state index is 13.1. The summed E-state index contributed by atoms with van der Waals surface area (Å²) >= 11 is 0. The molecule has 3 rings (SSSR count). The third-order valence-electron chi connectivity index (χ3n) is 4.47. The second-order valence-electron chi connectivity index (χ2n) is 6.14. The standard InChI is InChI=1S/C16H21F3N4/c1-12-20-21-15(16(17,18)19)23(12)14-7-9-22(10-8-14)11-13-5-3-2-4-6-13/h2-6,12,14,20H,7-11H2,1H3. The van der Waals surface area contributed by atoms with Gasteiger partial charge < -0.3 is 4.90 Å². The lowest BCUT2D eigenvalue weighted by molar-refractivity contribution is -0.0718. The van der Waals surface area contributed by atoms with E-state index in [4.69, 9.17) is 0 Å². The zero-order chi connectivity index (χ0) is 16.4. The Kier molecular flexibility index (Phi) is 4.48. The van der Waals surface area contributed by atoms with Crippen LogP contribution >= 0.6 is 0 Å². The second-order valence-corrected chi connectivity index (χ2v) is 6.14. The van der Waals surface area contributed by atoms with Crippen molar-refractivity contribution in [2.75, 3.05) is 13.1 Å². The summed E-state index contributed by atoms with van der Waals surface area (Å²) in [6.07, 6.45) is -3.38. The summed E-state index contributed by atoms with van der Waals surface area (Å²) in [5, 5.41) is 3.49. The molecule has 0 amide bonds. The van der Waals surface area contributed by atoms with Gasteiger partial charge in [-0.3, -0.25) is 10.3 Å². The minimum atomic E-state index is -4.40. The van der Waals surface area contributed by atoms with Crippen LogP contribution in [0, 0.1) is 0 Å². The summed E-state index contributed by atoms with van der Waals surface area (Å²) in [5.74, 6) is -0.786. The van der Waals surface area contributed by atoms with Gasteiger partial charge in [-0.1, -0.05) is 30.3 Å². The number of piperidine rings is 1. The van der Waals surface area contributed by atoms with Crippen LogP contribution in [0.15, 0.2) is 35.4 Å². The Morgan fingerprint density at radius 2 is 1.83 bits per heavy atom. The van der Waals surface area contributed by atoms with Crippen LogP contribution in [0.4, 0.5) is 13.2 Å². The summed E-state index contributed by atoms with van der Waals surface area (Å²) in [7, 11) is 0. The highest BCUT2D eigenvalue weighted by Crippen LogP contribution is 2.29. The molecule has 4 nitrogen and oxygen atoms in total. The topological polar surface area (TPSA) is 30.9 Å². The van der Waals surface area contributed by atoms with Gasteiger partial charge in [0.15, 0.2) is 0 Å². The maximum absolute atomic E-state index is 13.1. The molecule has 2 aliphatic heterocycles. The van der Waals surface area contributed by atoms with Gasteiger partial charge in [-0.15, -0.1) is 0 Å². The lowest BCUT2D eigenvalue weighted by Gasteiger charge is -2.39. The highest BCUT2D eigenvalue weighted by molar-refractivity contribution is 5.89. The lowest BCUT2D eigenvalue weighted by atomic mass is 10.0. The Morgan fingerprint density at radius 3 is 2.43 bits per heavy atom. The molecule has 1 N–H and O–H groups in total. The molecule has 2 aliphatic rings. The molecule has 0 radical (unpaired) electrons. The first-order valence-corrected chi connectivity index (χ1v) is 7.90. The molecule has 0 aromatic heterocycles. The van der Waals surface area contributed by atoms with Crippen LogP contribution in [0.5, 0.6) is 0 Å². The van der Waals surface area contributed by atoms with Gasteiger partial charge in [0.2, 0.25) is 5.84 Å². The van der Waals surface area contributed by atoms with Crippen LogP contribution in [-0.2, 0) is 6.54 Å². The zero-order valence-corrected chi connectivity index (χ0v) is 13.1. The molecule has 2 heterocycles. The fraction of sp³-hybridized carbons (Fsp3) is 0.562. The van der Waals surface area contributed by atoms with Crippen LogP contribution in [0.3, 0.4) is 0 Å². The number of alkyl halides is 3. The van der Waals surface area contributed by atoms with E-state index in [0.717, 1.165) is 19.6 Å². The lowest BCUT2D eigenvalue weighted by Crippen LogP contribution is -2.53. The van der Waals surface area contributed by atoms with E-state index < -0.39 is 18.2 Å². The van der Waals surface area contributed by atoms with Crippen LogP contribution in [0.25, 0.3) is 0 Å².